The molecule has 2 fully saturated rings. The monoisotopic (exact) mass is 409 g/mol. The van der Waals surface area contributed by atoms with Crippen molar-refractivity contribution in [3.63, 3.8) is 0 Å². The Balaban J connectivity index is 1.34. The highest BCUT2D eigenvalue weighted by molar-refractivity contribution is 6.05. The van der Waals surface area contributed by atoms with Crippen LogP contribution in [0.5, 0.6) is 5.75 Å². The third-order valence-electron chi connectivity index (χ3n) is 6.04. The first-order valence-corrected chi connectivity index (χ1v) is 10.7. The molecule has 2 heterocycles. The van der Waals surface area contributed by atoms with Gasteiger partial charge in [-0.15, -0.1) is 0 Å². The molecule has 2 aromatic rings. The highest BCUT2D eigenvalue weighted by Crippen LogP contribution is 2.38. The van der Waals surface area contributed by atoms with Gasteiger partial charge in [0, 0.05) is 24.2 Å². The summed E-state index contributed by atoms with van der Waals surface area (Å²) in [5.41, 5.74) is 6.93. The van der Waals surface area contributed by atoms with Gasteiger partial charge in [-0.2, -0.15) is 0 Å². The Morgan fingerprint density at radius 1 is 1.13 bits per heavy atom. The zero-order valence-corrected chi connectivity index (χ0v) is 17.7. The summed E-state index contributed by atoms with van der Waals surface area (Å²) >= 11 is 0. The number of piperidine rings is 1. The van der Waals surface area contributed by atoms with Crippen LogP contribution >= 0.6 is 0 Å². The van der Waals surface area contributed by atoms with Gasteiger partial charge in [0.1, 0.15) is 11.9 Å². The fourth-order valence-corrected chi connectivity index (χ4v) is 4.71. The maximum absolute atomic E-state index is 12.5. The Bertz CT molecular complexity index is 877. The van der Waals surface area contributed by atoms with Gasteiger partial charge in [0.15, 0.2) is 0 Å². The van der Waals surface area contributed by atoms with Gasteiger partial charge in [-0.05, 0) is 75.9 Å². The van der Waals surface area contributed by atoms with Gasteiger partial charge in [-0.3, -0.25) is 9.69 Å². The Morgan fingerprint density at radius 2 is 1.77 bits per heavy atom. The molecule has 0 aliphatic carbocycles. The number of nitrogen functional groups attached to an aromatic ring is 1. The summed E-state index contributed by atoms with van der Waals surface area (Å²) in [4.78, 5) is 14.9. The molecule has 0 spiro atoms. The van der Waals surface area contributed by atoms with Crippen molar-refractivity contribution in [2.24, 2.45) is 0 Å². The van der Waals surface area contributed by atoms with Crippen LogP contribution in [0.1, 0.15) is 49.9 Å². The van der Waals surface area contributed by atoms with E-state index in [0.29, 0.717) is 35.6 Å². The summed E-state index contributed by atoms with van der Waals surface area (Å²) < 4.78 is 6.25. The minimum atomic E-state index is -0.671. The lowest BCUT2D eigenvalue weighted by Gasteiger charge is -2.41. The SMILES string of the molecule is CC(C)(O)CN1C2CCC1CC(Oc1ccc(C(=O)Nc3ccccc3N)cc1)C2. The number of anilines is 2. The predicted molar refractivity (Wildman–Crippen MR) is 119 cm³/mol. The second kappa shape index (κ2) is 8.28. The maximum atomic E-state index is 12.5. The number of hydrogen-bond acceptors (Lipinski definition) is 5. The number of carbonyl (C=O) groups excluding carboxylic acids is 1. The number of amides is 1. The van der Waals surface area contributed by atoms with Crippen LogP contribution in [0.15, 0.2) is 48.5 Å². The number of nitrogens with one attached hydrogen (secondary N) is 1. The topological polar surface area (TPSA) is 87.8 Å². The molecule has 2 atom stereocenters. The lowest BCUT2D eigenvalue weighted by Crippen LogP contribution is -2.51. The second-order valence-electron chi connectivity index (χ2n) is 9.15. The largest absolute Gasteiger partial charge is 0.490 e. The molecule has 2 aliphatic rings. The number of nitrogens with zero attached hydrogens (tertiary/aromatic N) is 1. The normalized spacial score (nSPS) is 23.9. The molecule has 4 N–H and O–H groups in total. The fraction of sp³-hybridized carbons (Fsp3) is 0.458. The number of para-hydroxylation sites is 2. The molecule has 1 amide bonds. The number of carbonyl (C=O) groups is 1. The summed E-state index contributed by atoms with van der Waals surface area (Å²) in [5, 5.41) is 13.0. The molecule has 2 aromatic carbocycles. The van der Waals surface area contributed by atoms with Crippen molar-refractivity contribution in [2.45, 2.75) is 63.3 Å². The minimum Gasteiger partial charge on any atom is -0.490 e. The van der Waals surface area contributed by atoms with Crippen molar-refractivity contribution >= 4 is 17.3 Å². The van der Waals surface area contributed by atoms with E-state index in [1.165, 1.54) is 12.8 Å². The highest BCUT2D eigenvalue weighted by Gasteiger charge is 2.43. The van der Waals surface area contributed by atoms with Gasteiger partial charge in [0.05, 0.1) is 17.0 Å². The minimum absolute atomic E-state index is 0.171. The van der Waals surface area contributed by atoms with Crippen molar-refractivity contribution in [2.75, 3.05) is 17.6 Å². The van der Waals surface area contributed by atoms with Crippen LogP contribution in [0.2, 0.25) is 0 Å². The molecule has 0 saturated carbocycles. The van der Waals surface area contributed by atoms with E-state index < -0.39 is 5.60 Å². The molecule has 4 rings (SSSR count). The van der Waals surface area contributed by atoms with E-state index in [0.717, 1.165) is 18.6 Å². The highest BCUT2D eigenvalue weighted by atomic mass is 16.5. The average molecular weight is 410 g/mol. The van der Waals surface area contributed by atoms with E-state index in [2.05, 4.69) is 10.2 Å². The Morgan fingerprint density at radius 3 is 2.37 bits per heavy atom. The lowest BCUT2D eigenvalue weighted by atomic mass is 9.97. The number of aliphatic hydroxyl groups is 1. The summed E-state index contributed by atoms with van der Waals surface area (Å²) in [5.74, 6) is 0.587. The molecule has 30 heavy (non-hydrogen) atoms. The van der Waals surface area contributed by atoms with Gasteiger partial charge in [0.25, 0.3) is 5.91 Å². The Labute approximate surface area is 178 Å². The third-order valence-corrected chi connectivity index (χ3v) is 6.04. The van der Waals surface area contributed by atoms with Crippen molar-refractivity contribution in [1.29, 1.82) is 0 Å². The van der Waals surface area contributed by atoms with E-state index in [1.54, 1.807) is 24.3 Å². The van der Waals surface area contributed by atoms with Crippen LogP contribution in [0.4, 0.5) is 11.4 Å². The van der Waals surface area contributed by atoms with E-state index in [1.807, 2.05) is 38.1 Å². The molecule has 6 heteroatoms. The standard InChI is InChI=1S/C24H31N3O3/c1-24(2,29)15-27-17-9-10-18(27)14-20(13-17)30-19-11-7-16(8-12-19)23(28)26-22-6-4-3-5-21(22)25/h3-8,11-12,17-18,20,29H,9-10,13-15,25H2,1-2H3,(H,26,28). The molecule has 0 radical (unpaired) electrons. The number of fused-ring (bicyclic) bond motifs is 2. The molecule has 2 bridgehead atoms. The first-order valence-electron chi connectivity index (χ1n) is 10.7. The zero-order chi connectivity index (χ0) is 21.3. The predicted octanol–water partition coefficient (Wildman–Crippen LogP) is 3.67. The van der Waals surface area contributed by atoms with E-state index in [4.69, 9.17) is 10.5 Å². The van der Waals surface area contributed by atoms with Crippen LogP contribution in [0.25, 0.3) is 0 Å². The van der Waals surface area contributed by atoms with Crippen LogP contribution in [0.3, 0.4) is 0 Å². The Kier molecular flexibility index (Phi) is 5.71. The van der Waals surface area contributed by atoms with Crippen molar-refractivity contribution in [1.82, 2.24) is 4.90 Å². The first kappa shape index (κ1) is 20.7. The molecule has 0 aromatic heterocycles. The summed E-state index contributed by atoms with van der Waals surface area (Å²) in [6, 6.07) is 15.4. The number of nitrogens with two attached hydrogens (primary N) is 1. The van der Waals surface area contributed by atoms with Gasteiger partial charge in [0.2, 0.25) is 0 Å². The number of rotatable bonds is 6. The summed E-state index contributed by atoms with van der Waals surface area (Å²) in [7, 11) is 0. The number of ether oxygens (including phenoxy) is 1. The second-order valence-corrected chi connectivity index (χ2v) is 9.15. The maximum Gasteiger partial charge on any atom is 0.255 e. The Hall–Kier alpha value is -2.57. The van der Waals surface area contributed by atoms with E-state index in [-0.39, 0.29) is 12.0 Å². The van der Waals surface area contributed by atoms with Crippen LogP contribution in [-0.4, -0.2) is 46.2 Å². The molecule has 160 valence electrons. The van der Waals surface area contributed by atoms with E-state index in [9.17, 15) is 9.90 Å². The lowest BCUT2D eigenvalue weighted by molar-refractivity contribution is -0.0168. The fourth-order valence-electron chi connectivity index (χ4n) is 4.71. The third kappa shape index (κ3) is 4.77. The molecule has 2 aliphatic heterocycles. The van der Waals surface area contributed by atoms with Gasteiger partial charge < -0.3 is 20.9 Å². The molecule has 2 saturated heterocycles. The summed E-state index contributed by atoms with van der Waals surface area (Å²) in [6.45, 7) is 4.46. The molecular weight excluding hydrogens is 378 g/mol. The van der Waals surface area contributed by atoms with Crippen molar-refractivity contribution in [3.05, 3.63) is 54.1 Å². The van der Waals surface area contributed by atoms with Gasteiger partial charge in [-0.25, -0.2) is 0 Å². The van der Waals surface area contributed by atoms with Crippen LogP contribution in [-0.2, 0) is 0 Å². The van der Waals surface area contributed by atoms with Crippen LogP contribution < -0.4 is 15.8 Å². The first-order chi connectivity index (χ1) is 14.3. The smallest absolute Gasteiger partial charge is 0.255 e. The zero-order valence-electron chi connectivity index (χ0n) is 17.7. The van der Waals surface area contributed by atoms with Gasteiger partial charge >= 0.3 is 0 Å². The molecule has 2 unspecified atom stereocenters. The number of benzene rings is 2. The van der Waals surface area contributed by atoms with Crippen molar-refractivity contribution in [3.8, 4) is 5.75 Å². The molecular formula is C24H31N3O3. The quantitative estimate of drug-likeness (QED) is 0.634. The van der Waals surface area contributed by atoms with Crippen molar-refractivity contribution < 1.29 is 14.6 Å². The number of hydrogen-bond donors (Lipinski definition) is 3. The van der Waals surface area contributed by atoms with Gasteiger partial charge in [-0.1, -0.05) is 12.1 Å². The van der Waals surface area contributed by atoms with Crippen LogP contribution in [0, 0.1) is 0 Å². The van der Waals surface area contributed by atoms with E-state index >= 15 is 0 Å². The average Bonchev–Trinajstić information content (AvgIpc) is 2.91. The summed E-state index contributed by atoms with van der Waals surface area (Å²) in [6.07, 6.45) is 4.46. The molecule has 6 nitrogen and oxygen atoms in total.